The summed E-state index contributed by atoms with van der Waals surface area (Å²) in [6.45, 7) is 1.74. The molecule has 2 aromatic rings. The standard InChI is InChI=1S/C12H11BrN2OS/c1-8(16)9-3-4-11(10(13)7-9)17-12-14-5-2-6-15-12/h2-8,16H,1H3/t8-/m1/s1. The number of hydrogen-bond acceptors (Lipinski definition) is 4. The molecule has 0 amide bonds. The van der Waals surface area contributed by atoms with Crippen molar-refractivity contribution in [3.8, 4) is 0 Å². The zero-order chi connectivity index (χ0) is 12.3. The van der Waals surface area contributed by atoms with E-state index in [1.54, 1.807) is 25.4 Å². The van der Waals surface area contributed by atoms with Crippen molar-refractivity contribution in [2.24, 2.45) is 0 Å². The van der Waals surface area contributed by atoms with Crippen molar-refractivity contribution in [3.63, 3.8) is 0 Å². The predicted molar refractivity (Wildman–Crippen MR) is 70.9 cm³/mol. The highest BCUT2D eigenvalue weighted by atomic mass is 79.9. The molecule has 0 unspecified atom stereocenters. The Hall–Kier alpha value is -0.910. The van der Waals surface area contributed by atoms with Gasteiger partial charge in [-0.05, 0) is 58.4 Å². The molecule has 0 aliphatic heterocycles. The van der Waals surface area contributed by atoms with E-state index in [1.807, 2.05) is 18.2 Å². The third-order valence-corrected chi connectivity index (χ3v) is 4.07. The van der Waals surface area contributed by atoms with Crippen molar-refractivity contribution in [2.75, 3.05) is 0 Å². The van der Waals surface area contributed by atoms with Crippen LogP contribution in [-0.4, -0.2) is 15.1 Å². The van der Waals surface area contributed by atoms with Crippen LogP contribution < -0.4 is 0 Å². The third-order valence-electron chi connectivity index (χ3n) is 2.18. The Bertz CT molecular complexity index is 505. The lowest BCUT2D eigenvalue weighted by Gasteiger charge is -2.08. The van der Waals surface area contributed by atoms with Crippen LogP contribution in [0, 0.1) is 0 Å². The maximum atomic E-state index is 9.48. The van der Waals surface area contributed by atoms with E-state index in [1.165, 1.54) is 11.8 Å². The SMILES string of the molecule is C[C@@H](O)c1ccc(Sc2ncccn2)c(Br)c1. The average molecular weight is 311 g/mol. The molecule has 0 saturated heterocycles. The minimum absolute atomic E-state index is 0.460. The van der Waals surface area contributed by atoms with Gasteiger partial charge >= 0.3 is 0 Å². The normalized spacial score (nSPS) is 12.4. The van der Waals surface area contributed by atoms with Crippen molar-refractivity contribution in [1.82, 2.24) is 9.97 Å². The second-order valence-corrected chi connectivity index (χ2v) is 5.36. The molecule has 0 bridgehead atoms. The number of rotatable bonds is 3. The van der Waals surface area contributed by atoms with Gasteiger partial charge in [0.15, 0.2) is 5.16 Å². The quantitative estimate of drug-likeness (QED) is 0.882. The number of aromatic nitrogens is 2. The molecule has 0 fully saturated rings. The van der Waals surface area contributed by atoms with Crippen molar-refractivity contribution in [1.29, 1.82) is 0 Å². The van der Waals surface area contributed by atoms with Gasteiger partial charge < -0.3 is 5.11 Å². The van der Waals surface area contributed by atoms with Crippen LogP contribution in [0.4, 0.5) is 0 Å². The molecule has 17 heavy (non-hydrogen) atoms. The predicted octanol–water partition coefficient (Wildman–Crippen LogP) is 3.44. The smallest absolute Gasteiger partial charge is 0.192 e. The maximum absolute atomic E-state index is 9.48. The second kappa shape index (κ2) is 5.62. The van der Waals surface area contributed by atoms with Gasteiger partial charge in [0, 0.05) is 21.8 Å². The molecule has 0 aliphatic carbocycles. The number of nitrogens with zero attached hydrogens (tertiary/aromatic N) is 2. The first-order valence-electron chi connectivity index (χ1n) is 5.09. The largest absolute Gasteiger partial charge is 0.389 e. The molecule has 0 spiro atoms. The average Bonchev–Trinajstić information content (AvgIpc) is 2.33. The highest BCUT2D eigenvalue weighted by molar-refractivity contribution is 9.10. The molecule has 5 heteroatoms. The van der Waals surface area contributed by atoms with E-state index < -0.39 is 6.10 Å². The minimum atomic E-state index is -0.460. The first-order valence-corrected chi connectivity index (χ1v) is 6.70. The van der Waals surface area contributed by atoms with Crippen LogP contribution in [0.15, 0.2) is 51.2 Å². The maximum Gasteiger partial charge on any atom is 0.192 e. The Balaban J connectivity index is 2.23. The zero-order valence-corrected chi connectivity index (χ0v) is 11.6. The first kappa shape index (κ1) is 12.5. The van der Waals surface area contributed by atoms with Crippen LogP contribution in [0.1, 0.15) is 18.6 Å². The minimum Gasteiger partial charge on any atom is -0.389 e. The van der Waals surface area contributed by atoms with E-state index in [4.69, 9.17) is 0 Å². The second-order valence-electron chi connectivity index (χ2n) is 3.50. The fraction of sp³-hybridized carbons (Fsp3) is 0.167. The molecule has 0 radical (unpaired) electrons. The van der Waals surface area contributed by atoms with Crippen LogP contribution in [-0.2, 0) is 0 Å². The first-order chi connectivity index (χ1) is 8.16. The van der Waals surface area contributed by atoms with Gasteiger partial charge in [-0.1, -0.05) is 6.07 Å². The third kappa shape index (κ3) is 3.28. The summed E-state index contributed by atoms with van der Waals surface area (Å²) in [4.78, 5) is 9.34. The summed E-state index contributed by atoms with van der Waals surface area (Å²) in [6, 6.07) is 7.56. The highest BCUT2D eigenvalue weighted by Gasteiger charge is 2.07. The molecule has 1 atom stereocenters. The van der Waals surface area contributed by atoms with E-state index in [0.717, 1.165) is 14.9 Å². The lowest BCUT2D eigenvalue weighted by Crippen LogP contribution is -1.91. The Morgan fingerprint density at radius 2 is 2.00 bits per heavy atom. The highest BCUT2D eigenvalue weighted by Crippen LogP contribution is 2.33. The van der Waals surface area contributed by atoms with Gasteiger partial charge in [-0.15, -0.1) is 0 Å². The van der Waals surface area contributed by atoms with Crippen molar-refractivity contribution in [3.05, 3.63) is 46.7 Å². The van der Waals surface area contributed by atoms with Crippen molar-refractivity contribution in [2.45, 2.75) is 23.1 Å². The summed E-state index contributed by atoms with van der Waals surface area (Å²) >= 11 is 4.97. The van der Waals surface area contributed by atoms with Gasteiger partial charge in [-0.2, -0.15) is 0 Å². The summed E-state index contributed by atoms with van der Waals surface area (Å²) in [7, 11) is 0. The van der Waals surface area contributed by atoms with Crippen LogP contribution in [0.25, 0.3) is 0 Å². The van der Waals surface area contributed by atoms with Gasteiger partial charge in [0.1, 0.15) is 0 Å². The van der Waals surface area contributed by atoms with Crippen molar-refractivity contribution >= 4 is 27.7 Å². The topological polar surface area (TPSA) is 46.0 Å². The molecule has 1 aromatic heterocycles. The number of aliphatic hydroxyl groups excluding tert-OH is 1. The van der Waals surface area contributed by atoms with E-state index in [9.17, 15) is 5.11 Å². The Morgan fingerprint density at radius 1 is 1.29 bits per heavy atom. The van der Waals surface area contributed by atoms with Crippen molar-refractivity contribution < 1.29 is 5.11 Å². The van der Waals surface area contributed by atoms with E-state index in [2.05, 4.69) is 25.9 Å². The molecule has 3 nitrogen and oxygen atoms in total. The van der Waals surface area contributed by atoms with Crippen LogP contribution >= 0.6 is 27.7 Å². The van der Waals surface area contributed by atoms with Gasteiger partial charge in [0.05, 0.1) is 6.10 Å². The summed E-state index contributed by atoms with van der Waals surface area (Å²) in [5, 5.41) is 10.2. The fourth-order valence-electron chi connectivity index (χ4n) is 1.30. The number of benzene rings is 1. The van der Waals surface area contributed by atoms with E-state index >= 15 is 0 Å². The molecule has 1 aromatic carbocycles. The summed E-state index contributed by atoms with van der Waals surface area (Å²) in [6.07, 6.45) is 2.97. The lowest BCUT2D eigenvalue weighted by molar-refractivity contribution is 0.199. The molecule has 0 saturated carbocycles. The molecule has 88 valence electrons. The molecule has 1 N–H and O–H groups in total. The van der Waals surface area contributed by atoms with Crippen LogP contribution in [0.2, 0.25) is 0 Å². The van der Waals surface area contributed by atoms with E-state index in [0.29, 0.717) is 5.16 Å². The summed E-state index contributed by atoms with van der Waals surface area (Å²) in [5.41, 5.74) is 0.884. The lowest BCUT2D eigenvalue weighted by atomic mass is 10.1. The Labute approximate surface area is 112 Å². The molecular formula is C12H11BrN2OS. The van der Waals surface area contributed by atoms with Gasteiger partial charge in [-0.25, -0.2) is 9.97 Å². The number of hydrogen-bond donors (Lipinski definition) is 1. The fourth-order valence-corrected chi connectivity index (χ4v) is 2.65. The molecule has 2 rings (SSSR count). The molecular weight excluding hydrogens is 300 g/mol. The summed E-state index contributed by atoms with van der Waals surface area (Å²) < 4.78 is 0.938. The monoisotopic (exact) mass is 310 g/mol. The zero-order valence-electron chi connectivity index (χ0n) is 9.17. The van der Waals surface area contributed by atoms with Crippen LogP contribution in [0.3, 0.4) is 0 Å². The summed E-state index contributed by atoms with van der Waals surface area (Å²) in [5.74, 6) is 0. The van der Waals surface area contributed by atoms with E-state index in [-0.39, 0.29) is 0 Å². The van der Waals surface area contributed by atoms with Gasteiger partial charge in [0.25, 0.3) is 0 Å². The number of aliphatic hydroxyl groups is 1. The van der Waals surface area contributed by atoms with Gasteiger partial charge in [0.2, 0.25) is 0 Å². The molecule has 1 heterocycles. The number of halogens is 1. The Kier molecular flexibility index (Phi) is 4.15. The van der Waals surface area contributed by atoms with Crippen LogP contribution in [0.5, 0.6) is 0 Å². The molecule has 0 aliphatic rings. The Morgan fingerprint density at radius 3 is 2.59 bits per heavy atom. The van der Waals surface area contributed by atoms with Gasteiger partial charge in [-0.3, -0.25) is 0 Å².